The summed E-state index contributed by atoms with van der Waals surface area (Å²) >= 11 is 1.58. The summed E-state index contributed by atoms with van der Waals surface area (Å²) < 4.78 is 7.14. The van der Waals surface area contributed by atoms with Crippen molar-refractivity contribution in [1.82, 2.24) is 9.47 Å². The van der Waals surface area contributed by atoms with Crippen LogP contribution >= 0.6 is 11.3 Å². The smallest absolute Gasteiger partial charge is 0.338 e. The van der Waals surface area contributed by atoms with E-state index < -0.39 is 5.97 Å². The van der Waals surface area contributed by atoms with Gasteiger partial charge in [-0.1, -0.05) is 6.07 Å². The fraction of sp³-hybridized carbons (Fsp3) is 0.200. The second kappa shape index (κ2) is 8.01. The molecule has 2 heterocycles. The third kappa shape index (κ3) is 4.21. The van der Waals surface area contributed by atoms with E-state index in [2.05, 4.69) is 0 Å². The Morgan fingerprint density at radius 3 is 2.65 bits per heavy atom. The first kappa shape index (κ1) is 17.9. The Morgan fingerprint density at radius 2 is 1.96 bits per heavy atom. The number of carbonyl (C=O) groups is 2. The van der Waals surface area contributed by atoms with Crippen molar-refractivity contribution in [3.8, 4) is 5.69 Å². The molecule has 0 atom stereocenters. The minimum absolute atomic E-state index is 0.234. The van der Waals surface area contributed by atoms with Gasteiger partial charge in [0, 0.05) is 31.7 Å². The molecule has 0 unspecified atom stereocenters. The average Bonchev–Trinajstić information content (AvgIpc) is 3.33. The van der Waals surface area contributed by atoms with Crippen LogP contribution in [0.5, 0.6) is 0 Å². The first-order valence-electron chi connectivity index (χ1n) is 8.21. The van der Waals surface area contributed by atoms with Crippen molar-refractivity contribution in [2.24, 2.45) is 0 Å². The lowest BCUT2D eigenvalue weighted by Gasteiger charge is -2.16. The zero-order valence-electron chi connectivity index (χ0n) is 14.7. The molecule has 1 aromatic carbocycles. The number of aromatic nitrogens is 1. The molecule has 0 aliphatic rings. The topological polar surface area (TPSA) is 51.5 Å². The van der Waals surface area contributed by atoms with Crippen molar-refractivity contribution >= 4 is 23.2 Å². The third-order valence-corrected chi connectivity index (χ3v) is 4.81. The summed E-state index contributed by atoms with van der Waals surface area (Å²) in [7, 11) is 1.70. The fourth-order valence-electron chi connectivity index (χ4n) is 2.58. The molecular weight excluding hydrogens is 348 g/mol. The van der Waals surface area contributed by atoms with Crippen LogP contribution < -0.4 is 0 Å². The normalized spacial score (nSPS) is 10.5. The molecule has 5 nitrogen and oxygen atoms in total. The second-order valence-electron chi connectivity index (χ2n) is 6.05. The van der Waals surface area contributed by atoms with Crippen molar-refractivity contribution in [2.75, 3.05) is 13.7 Å². The maximum atomic E-state index is 12.3. The van der Waals surface area contributed by atoms with Gasteiger partial charge in [-0.25, -0.2) is 4.79 Å². The summed E-state index contributed by atoms with van der Waals surface area (Å²) in [6.45, 7) is 2.21. The van der Waals surface area contributed by atoms with Crippen LogP contribution in [0.15, 0.2) is 59.6 Å². The lowest BCUT2D eigenvalue weighted by atomic mass is 10.1. The highest BCUT2D eigenvalue weighted by Crippen LogP contribution is 2.17. The molecule has 26 heavy (non-hydrogen) atoms. The molecule has 0 bridgehead atoms. The van der Waals surface area contributed by atoms with Gasteiger partial charge in [-0.3, -0.25) is 4.79 Å². The second-order valence-corrected chi connectivity index (χ2v) is 6.83. The Balaban J connectivity index is 1.61. The number of thiophene rings is 1. The molecular formula is C20H20N2O3S. The van der Waals surface area contributed by atoms with Gasteiger partial charge in [0.25, 0.3) is 5.91 Å². The van der Waals surface area contributed by atoms with Crippen molar-refractivity contribution in [3.05, 3.63) is 76.2 Å². The maximum Gasteiger partial charge on any atom is 0.338 e. The van der Waals surface area contributed by atoms with E-state index in [1.165, 1.54) is 0 Å². The number of likely N-dealkylation sites (N-methyl/N-ethyl adjacent to an activating group) is 1. The zero-order chi connectivity index (χ0) is 18.5. The van der Waals surface area contributed by atoms with Gasteiger partial charge in [-0.2, -0.15) is 11.3 Å². The van der Waals surface area contributed by atoms with E-state index in [0.29, 0.717) is 12.1 Å². The molecule has 6 heteroatoms. The van der Waals surface area contributed by atoms with Crippen molar-refractivity contribution in [3.63, 3.8) is 0 Å². The van der Waals surface area contributed by atoms with Crippen LogP contribution in [0.4, 0.5) is 0 Å². The molecule has 0 aliphatic heterocycles. The Kier molecular flexibility index (Phi) is 5.53. The highest BCUT2D eigenvalue weighted by molar-refractivity contribution is 7.07. The number of aryl methyl sites for hydroxylation is 1. The first-order valence-corrected chi connectivity index (χ1v) is 9.15. The number of amides is 1. The van der Waals surface area contributed by atoms with E-state index in [9.17, 15) is 9.59 Å². The minimum atomic E-state index is -0.504. The Hall–Kier alpha value is -2.86. The molecule has 0 saturated carbocycles. The molecule has 0 fully saturated rings. The van der Waals surface area contributed by atoms with Crippen LogP contribution in [-0.4, -0.2) is 35.0 Å². The van der Waals surface area contributed by atoms with E-state index in [0.717, 1.165) is 16.8 Å². The Morgan fingerprint density at radius 1 is 1.19 bits per heavy atom. The highest BCUT2D eigenvalue weighted by Gasteiger charge is 2.15. The van der Waals surface area contributed by atoms with Crippen LogP contribution in [-0.2, 0) is 16.1 Å². The van der Waals surface area contributed by atoms with Crippen molar-refractivity contribution in [1.29, 1.82) is 0 Å². The number of ether oxygens (including phenoxy) is 1. The molecule has 0 saturated heterocycles. The van der Waals surface area contributed by atoms with Gasteiger partial charge in [0.15, 0.2) is 6.61 Å². The Bertz CT molecular complexity index is 886. The van der Waals surface area contributed by atoms with Crippen molar-refractivity contribution < 1.29 is 14.3 Å². The van der Waals surface area contributed by atoms with Gasteiger partial charge < -0.3 is 14.2 Å². The zero-order valence-corrected chi connectivity index (χ0v) is 15.5. The summed E-state index contributed by atoms with van der Waals surface area (Å²) in [6.07, 6.45) is 3.83. The van der Waals surface area contributed by atoms with Gasteiger partial charge in [-0.15, -0.1) is 0 Å². The summed E-state index contributed by atoms with van der Waals surface area (Å²) in [5.74, 6) is -0.738. The van der Waals surface area contributed by atoms with E-state index in [1.54, 1.807) is 35.4 Å². The number of nitrogens with zero attached hydrogens (tertiary/aromatic N) is 2. The number of benzene rings is 1. The first-order chi connectivity index (χ1) is 12.5. The van der Waals surface area contributed by atoms with Gasteiger partial charge in [0.1, 0.15) is 0 Å². The molecule has 0 spiro atoms. The van der Waals surface area contributed by atoms with Gasteiger partial charge in [0.2, 0.25) is 0 Å². The molecule has 134 valence electrons. The number of hydrogen-bond acceptors (Lipinski definition) is 4. The summed E-state index contributed by atoms with van der Waals surface area (Å²) in [6, 6.07) is 11.2. The van der Waals surface area contributed by atoms with E-state index >= 15 is 0 Å². The standard InChI is InChI=1S/C20H20N2O3S/c1-15-5-6-17(11-18(15)22-8-3-4-9-22)20(24)25-13-19(23)21(2)12-16-7-10-26-14-16/h3-11,14H,12-13H2,1-2H3. The predicted molar refractivity (Wildman–Crippen MR) is 102 cm³/mol. The average molecular weight is 368 g/mol. The largest absolute Gasteiger partial charge is 0.452 e. The molecule has 0 N–H and O–H groups in total. The van der Waals surface area contributed by atoms with Gasteiger partial charge in [-0.05, 0) is 59.1 Å². The fourth-order valence-corrected chi connectivity index (χ4v) is 3.23. The lowest BCUT2D eigenvalue weighted by Crippen LogP contribution is -2.30. The highest BCUT2D eigenvalue weighted by atomic mass is 32.1. The SMILES string of the molecule is Cc1ccc(C(=O)OCC(=O)N(C)Cc2ccsc2)cc1-n1cccc1. The molecule has 3 aromatic rings. The lowest BCUT2D eigenvalue weighted by molar-refractivity contribution is -0.133. The van der Waals surface area contributed by atoms with Crippen LogP contribution in [0, 0.1) is 6.92 Å². The number of hydrogen-bond donors (Lipinski definition) is 0. The van der Waals surface area contributed by atoms with Crippen molar-refractivity contribution in [2.45, 2.75) is 13.5 Å². The summed E-state index contributed by atoms with van der Waals surface area (Å²) in [4.78, 5) is 26.0. The summed E-state index contributed by atoms with van der Waals surface area (Å²) in [5.41, 5.74) is 3.44. The molecule has 1 amide bonds. The number of carbonyl (C=O) groups excluding carboxylic acids is 2. The van der Waals surface area contributed by atoms with Crippen LogP contribution in [0.3, 0.4) is 0 Å². The van der Waals surface area contributed by atoms with Crippen LogP contribution in [0.2, 0.25) is 0 Å². The van der Waals surface area contributed by atoms with Crippen LogP contribution in [0.1, 0.15) is 21.5 Å². The molecule has 3 rings (SSSR count). The monoisotopic (exact) mass is 368 g/mol. The molecule has 0 aliphatic carbocycles. The van der Waals surface area contributed by atoms with E-state index in [-0.39, 0.29) is 12.5 Å². The molecule has 2 aromatic heterocycles. The molecule has 0 radical (unpaired) electrons. The summed E-state index contributed by atoms with van der Waals surface area (Å²) in [5, 5.41) is 3.96. The third-order valence-electron chi connectivity index (χ3n) is 4.08. The van der Waals surface area contributed by atoms with Gasteiger partial charge >= 0.3 is 5.97 Å². The predicted octanol–water partition coefficient (Wildman–Crippen LogP) is 3.66. The number of rotatable bonds is 6. The van der Waals surface area contributed by atoms with E-state index in [1.807, 2.05) is 58.9 Å². The van der Waals surface area contributed by atoms with Gasteiger partial charge in [0.05, 0.1) is 5.56 Å². The Labute approximate surface area is 156 Å². The minimum Gasteiger partial charge on any atom is -0.452 e. The van der Waals surface area contributed by atoms with E-state index in [4.69, 9.17) is 4.74 Å². The number of esters is 1. The maximum absolute atomic E-state index is 12.3. The van der Waals surface area contributed by atoms with Crippen LogP contribution in [0.25, 0.3) is 5.69 Å². The quantitative estimate of drug-likeness (QED) is 0.624.